The molecule has 1 saturated heterocycles. The van der Waals surface area contributed by atoms with E-state index in [1.54, 1.807) is 10.4 Å². The molecule has 0 saturated carbocycles. The second kappa shape index (κ2) is 7.73. The van der Waals surface area contributed by atoms with Gasteiger partial charge in [-0.05, 0) is 37.6 Å². The third kappa shape index (κ3) is 4.95. The van der Waals surface area contributed by atoms with Crippen molar-refractivity contribution in [3.8, 4) is 0 Å². The zero-order valence-corrected chi connectivity index (χ0v) is 13.4. The summed E-state index contributed by atoms with van der Waals surface area (Å²) in [6, 6.07) is 9.53. The van der Waals surface area contributed by atoms with Gasteiger partial charge in [-0.2, -0.15) is 4.31 Å². The van der Waals surface area contributed by atoms with Crippen molar-refractivity contribution in [3.63, 3.8) is 0 Å². The third-order valence-electron chi connectivity index (χ3n) is 3.68. The number of rotatable bonds is 5. The molecule has 0 amide bonds. The quantitative estimate of drug-likeness (QED) is 0.839. The van der Waals surface area contributed by atoms with Crippen LogP contribution in [0.15, 0.2) is 35.7 Å². The summed E-state index contributed by atoms with van der Waals surface area (Å²) >= 11 is 0. The van der Waals surface area contributed by atoms with E-state index < -0.39 is 10.0 Å². The van der Waals surface area contributed by atoms with Crippen LogP contribution in [0.1, 0.15) is 25.3 Å². The Balaban J connectivity index is 2.01. The standard InChI is InChI=1S/C16H24N2O2S/c1-2-10-17-11-6-12-18(14-13-17)21(19,20)15-9-16-7-4-3-5-8-16/h3-5,7-9,15H,2,6,10-14H2,1H3/b15-9+. The van der Waals surface area contributed by atoms with E-state index in [1.807, 2.05) is 30.3 Å². The lowest BCUT2D eigenvalue weighted by Crippen LogP contribution is -2.34. The maximum Gasteiger partial charge on any atom is 0.236 e. The summed E-state index contributed by atoms with van der Waals surface area (Å²) in [4.78, 5) is 2.34. The number of hydrogen-bond donors (Lipinski definition) is 0. The first-order chi connectivity index (χ1) is 10.1. The van der Waals surface area contributed by atoms with Gasteiger partial charge in [-0.3, -0.25) is 0 Å². The molecule has 1 fully saturated rings. The van der Waals surface area contributed by atoms with E-state index in [9.17, 15) is 8.42 Å². The molecule has 1 aliphatic heterocycles. The van der Waals surface area contributed by atoms with Crippen molar-refractivity contribution in [1.29, 1.82) is 0 Å². The number of sulfonamides is 1. The highest BCUT2D eigenvalue weighted by atomic mass is 32.2. The Morgan fingerprint density at radius 1 is 1.10 bits per heavy atom. The van der Waals surface area contributed by atoms with Gasteiger partial charge in [0.25, 0.3) is 0 Å². The molecular formula is C16H24N2O2S. The fourth-order valence-electron chi connectivity index (χ4n) is 2.56. The third-order valence-corrected chi connectivity index (χ3v) is 5.24. The maximum absolute atomic E-state index is 12.4. The smallest absolute Gasteiger partial charge is 0.236 e. The first-order valence-corrected chi connectivity index (χ1v) is 9.08. The minimum atomic E-state index is -3.32. The molecule has 0 spiro atoms. The molecule has 0 N–H and O–H groups in total. The predicted octanol–water partition coefficient (Wildman–Crippen LogP) is 2.40. The molecule has 1 heterocycles. The number of nitrogens with zero attached hydrogens (tertiary/aromatic N) is 2. The molecule has 21 heavy (non-hydrogen) atoms. The zero-order valence-electron chi connectivity index (χ0n) is 12.6. The Morgan fingerprint density at radius 3 is 2.57 bits per heavy atom. The monoisotopic (exact) mass is 308 g/mol. The van der Waals surface area contributed by atoms with Gasteiger partial charge in [-0.15, -0.1) is 0 Å². The molecule has 1 aromatic rings. The fourth-order valence-corrected chi connectivity index (χ4v) is 3.78. The highest BCUT2D eigenvalue weighted by molar-refractivity contribution is 7.92. The van der Waals surface area contributed by atoms with E-state index in [0.717, 1.165) is 38.0 Å². The lowest BCUT2D eigenvalue weighted by Gasteiger charge is -2.20. The minimum absolute atomic E-state index is 0.585. The van der Waals surface area contributed by atoms with Crippen LogP contribution in [0.5, 0.6) is 0 Å². The van der Waals surface area contributed by atoms with Crippen LogP contribution in [0, 0.1) is 0 Å². The van der Waals surface area contributed by atoms with Crippen LogP contribution >= 0.6 is 0 Å². The highest BCUT2D eigenvalue weighted by Gasteiger charge is 2.22. The Hall–Kier alpha value is -1.17. The second-order valence-corrected chi connectivity index (χ2v) is 7.17. The Labute approximate surface area is 128 Å². The molecule has 1 aromatic carbocycles. The lowest BCUT2D eigenvalue weighted by molar-refractivity contribution is 0.287. The zero-order chi connectivity index (χ0) is 15.1. The summed E-state index contributed by atoms with van der Waals surface area (Å²) in [5, 5.41) is 1.33. The van der Waals surface area contributed by atoms with E-state index >= 15 is 0 Å². The first kappa shape index (κ1) is 16.2. The van der Waals surface area contributed by atoms with Gasteiger partial charge in [0.15, 0.2) is 0 Å². The second-order valence-electron chi connectivity index (χ2n) is 5.35. The van der Waals surface area contributed by atoms with Crippen LogP contribution in [-0.2, 0) is 10.0 Å². The summed E-state index contributed by atoms with van der Waals surface area (Å²) in [7, 11) is -3.32. The Kier molecular flexibility index (Phi) is 5.96. The van der Waals surface area contributed by atoms with Crippen LogP contribution in [0.2, 0.25) is 0 Å². The summed E-state index contributed by atoms with van der Waals surface area (Å²) in [6.07, 6.45) is 3.68. The molecule has 0 aliphatic carbocycles. The summed E-state index contributed by atoms with van der Waals surface area (Å²) in [6.45, 7) is 6.22. The lowest BCUT2D eigenvalue weighted by atomic mass is 10.2. The van der Waals surface area contributed by atoms with Crippen molar-refractivity contribution >= 4 is 16.1 Å². The van der Waals surface area contributed by atoms with Gasteiger partial charge in [0.2, 0.25) is 10.0 Å². The molecule has 1 aliphatic rings. The van der Waals surface area contributed by atoms with Gasteiger partial charge in [0.1, 0.15) is 0 Å². The molecule has 5 heteroatoms. The van der Waals surface area contributed by atoms with Gasteiger partial charge in [0.05, 0.1) is 0 Å². The molecule has 0 atom stereocenters. The molecular weight excluding hydrogens is 284 g/mol. The van der Waals surface area contributed by atoms with E-state index in [-0.39, 0.29) is 0 Å². The molecule has 0 bridgehead atoms. The number of benzene rings is 1. The van der Waals surface area contributed by atoms with Crippen LogP contribution < -0.4 is 0 Å². The number of hydrogen-bond acceptors (Lipinski definition) is 3. The van der Waals surface area contributed by atoms with Crippen molar-refractivity contribution in [1.82, 2.24) is 9.21 Å². The predicted molar refractivity (Wildman–Crippen MR) is 87.3 cm³/mol. The van der Waals surface area contributed by atoms with Gasteiger partial charge in [0, 0.05) is 25.0 Å². The Morgan fingerprint density at radius 2 is 1.86 bits per heavy atom. The van der Waals surface area contributed by atoms with Gasteiger partial charge >= 0.3 is 0 Å². The van der Waals surface area contributed by atoms with Gasteiger partial charge in [-0.25, -0.2) is 8.42 Å². The average Bonchev–Trinajstić information content (AvgIpc) is 2.73. The van der Waals surface area contributed by atoms with Crippen molar-refractivity contribution in [2.75, 3.05) is 32.7 Å². The average molecular weight is 308 g/mol. The maximum atomic E-state index is 12.4. The van der Waals surface area contributed by atoms with Crippen molar-refractivity contribution in [3.05, 3.63) is 41.3 Å². The minimum Gasteiger partial charge on any atom is -0.302 e. The molecule has 0 aromatic heterocycles. The van der Waals surface area contributed by atoms with Crippen molar-refractivity contribution < 1.29 is 8.42 Å². The van der Waals surface area contributed by atoms with Crippen LogP contribution in [0.3, 0.4) is 0 Å². The van der Waals surface area contributed by atoms with E-state index in [2.05, 4.69) is 11.8 Å². The van der Waals surface area contributed by atoms with Crippen molar-refractivity contribution in [2.45, 2.75) is 19.8 Å². The summed E-state index contributed by atoms with van der Waals surface area (Å²) in [5.41, 5.74) is 0.906. The van der Waals surface area contributed by atoms with Crippen LogP contribution in [-0.4, -0.2) is 50.3 Å². The first-order valence-electron chi connectivity index (χ1n) is 7.57. The largest absolute Gasteiger partial charge is 0.302 e. The Bertz CT molecular complexity index is 555. The molecule has 4 nitrogen and oxygen atoms in total. The molecule has 116 valence electrons. The molecule has 0 radical (unpaired) electrons. The van der Waals surface area contributed by atoms with E-state index in [1.165, 1.54) is 5.41 Å². The topological polar surface area (TPSA) is 40.6 Å². The van der Waals surface area contributed by atoms with Gasteiger partial charge < -0.3 is 4.90 Å². The van der Waals surface area contributed by atoms with Crippen molar-refractivity contribution in [2.24, 2.45) is 0 Å². The molecule has 0 unspecified atom stereocenters. The summed E-state index contributed by atoms with van der Waals surface area (Å²) < 4.78 is 26.4. The van der Waals surface area contributed by atoms with Gasteiger partial charge in [-0.1, -0.05) is 37.3 Å². The fraction of sp³-hybridized carbons (Fsp3) is 0.500. The highest BCUT2D eigenvalue weighted by Crippen LogP contribution is 2.12. The van der Waals surface area contributed by atoms with Crippen LogP contribution in [0.25, 0.3) is 6.08 Å². The van der Waals surface area contributed by atoms with Crippen LogP contribution in [0.4, 0.5) is 0 Å². The normalized spacial score (nSPS) is 18.9. The van der Waals surface area contributed by atoms with E-state index in [4.69, 9.17) is 0 Å². The summed E-state index contributed by atoms with van der Waals surface area (Å²) in [5.74, 6) is 0. The van der Waals surface area contributed by atoms with E-state index in [0.29, 0.717) is 13.1 Å². The SMILES string of the molecule is CCCN1CCCN(S(=O)(=O)/C=C/c2ccccc2)CC1. The molecule has 2 rings (SSSR count).